The van der Waals surface area contributed by atoms with E-state index >= 15 is 0 Å². The summed E-state index contributed by atoms with van der Waals surface area (Å²) in [5.41, 5.74) is 1.52. The lowest BCUT2D eigenvalue weighted by atomic mass is 10.1. The van der Waals surface area contributed by atoms with Crippen LogP contribution in [-0.4, -0.2) is 40.8 Å². The number of rotatable bonds is 6. The highest BCUT2D eigenvalue weighted by Gasteiger charge is 2.12. The Morgan fingerprint density at radius 2 is 1.89 bits per heavy atom. The van der Waals surface area contributed by atoms with Crippen molar-refractivity contribution in [2.24, 2.45) is 0 Å². The Labute approximate surface area is 196 Å². The Morgan fingerprint density at radius 1 is 1.06 bits per heavy atom. The summed E-state index contributed by atoms with van der Waals surface area (Å²) in [5, 5.41) is 24.2. The SMILES string of the molecule is O=C(Cn1cc(-c2cccc(Nc3nc(=O)n(O)c4ncccc34)c2)nn1)Nc1ccc(F)cc1. The van der Waals surface area contributed by atoms with Crippen LogP contribution in [-0.2, 0) is 11.3 Å². The quantitative estimate of drug-likeness (QED) is 0.321. The second kappa shape index (κ2) is 9.02. The maximum atomic E-state index is 13.0. The van der Waals surface area contributed by atoms with Crippen molar-refractivity contribution >= 4 is 34.1 Å². The average Bonchev–Trinajstić information content (AvgIpc) is 3.32. The van der Waals surface area contributed by atoms with E-state index < -0.39 is 5.69 Å². The van der Waals surface area contributed by atoms with Crippen molar-refractivity contribution in [3.05, 3.63) is 89.4 Å². The number of fused-ring (bicyclic) bond motifs is 1. The molecule has 0 saturated heterocycles. The van der Waals surface area contributed by atoms with Gasteiger partial charge in [-0.2, -0.15) is 4.98 Å². The summed E-state index contributed by atoms with van der Waals surface area (Å²) in [6.45, 7) is -0.0807. The lowest BCUT2D eigenvalue weighted by Gasteiger charge is -2.10. The van der Waals surface area contributed by atoms with Crippen molar-refractivity contribution in [2.75, 3.05) is 10.6 Å². The molecule has 5 rings (SSSR count). The molecule has 5 aromatic rings. The molecule has 0 spiro atoms. The standard InChI is InChI=1S/C23H17FN8O3/c24-15-6-8-16(9-7-15)26-20(33)13-31-12-19(29-30-31)14-3-1-4-17(11-14)27-21-18-5-2-10-25-22(18)32(35)23(34)28-21/h1-12,35H,13H2,(H,26,33)(H,27,28,34). The minimum absolute atomic E-state index is 0.0769. The third-order valence-corrected chi connectivity index (χ3v) is 5.02. The summed E-state index contributed by atoms with van der Waals surface area (Å²) in [6, 6.07) is 15.9. The van der Waals surface area contributed by atoms with Crippen LogP contribution in [0.25, 0.3) is 22.3 Å². The van der Waals surface area contributed by atoms with Crippen LogP contribution in [0.1, 0.15) is 0 Å². The molecule has 0 aliphatic heterocycles. The minimum Gasteiger partial charge on any atom is -0.422 e. The number of nitrogens with zero attached hydrogens (tertiary/aromatic N) is 6. The van der Waals surface area contributed by atoms with Crippen LogP contribution in [0.2, 0.25) is 0 Å². The molecule has 0 radical (unpaired) electrons. The van der Waals surface area contributed by atoms with Crippen LogP contribution in [0.15, 0.2) is 77.9 Å². The normalized spacial score (nSPS) is 10.9. The largest absolute Gasteiger partial charge is 0.422 e. The van der Waals surface area contributed by atoms with E-state index in [2.05, 4.69) is 30.9 Å². The van der Waals surface area contributed by atoms with Crippen molar-refractivity contribution in [3.8, 4) is 11.3 Å². The number of halogens is 1. The highest BCUT2D eigenvalue weighted by molar-refractivity contribution is 5.90. The van der Waals surface area contributed by atoms with Crippen molar-refractivity contribution < 1.29 is 14.4 Å². The summed E-state index contributed by atoms with van der Waals surface area (Å²) in [7, 11) is 0. The van der Waals surface area contributed by atoms with Gasteiger partial charge in [0.25, 0.3) is 0 Å². The fourth-order valence-electron chi connectivity index (χ4n) is 3.42. The first-order valence-electron chi connectivity index (χ1n) is 10.4. The van der Waals surface area contributed by atoms with Gasteiger partial charge in [0.2, 0.25) is 5.91 Å². The van der Waals surface area contributed by atoms with Crippen LogP contribution < -0.4 is 16.3 Å². The van der Waals surface area contributed by atoms with E-state index in [9.17, 15) is 19.2 Å². The molecule has 3 aromatic heterocycles. The number of carbonyl (C=O) groups excluding carboxylic acids is 1. The molecule has 0 unspecified atom stereocenters. The monoisotopic (exact) mass is 472 g/mol. The Hall–Kier alpha value is -5.13. The van der Waals surface area contributed by atoms with Crippen LogP contribution in [0.5, 0.6) is 0 Å². The molecular formula is C23H17FN8O3. The average molecular weight is 472 g/mol. The third kappa shape index (κ3) is 4.66. The lowest BCUT2D eigenvalue weighted by molar-refractivity contribution is -0.116. The highest BCUT2D eigenvalue weighted by Crippen LogP contribution is 2.25. The van der Waals surface area contributed by atoms with Gasteiger partial charge < -0.3 is 15.8 Å². The van der Waals surface area contributed by atoms with Gasteiger partial charge in [-0.25, -0.2) is 18.9 Å². The van der Waals surface area contributed by atoms with Crippen molar-refractivity contribution in [1.29, 1.82) is 0 Å². The van der Waals surface area contributed by atoms with E-state index in [1.807, 2.05) is 6.07 Å². The van der Waals surface area contributed by atoms with Gasteiger partial charge in [0.05, 0.1) is 11.6 Å². The Morgan fingerprint density at radius 3 is 2.71 bits per heavy atom. The van der Waals surface area contributed by atoms with E-state index in [0.717, 1.165) is 0 Å². The topological polar surface area (TPSA) is 140 Å². The Bertz CT molecular complexity index is 1600. The third-order valence-electron chi connectivity index (χ3n) is 5.02. The minimum atomic E-state index is -0.864. The fraction of sp³-hybridized carbons (Fsp3) is 0.0435. The van der Waals surface area contributed by atoms with Gasteiger partial charge in [-0.1, -0.05) is 17.3 Å². The van der Waals surface area contributed by atoms with Gasteiger partial charge in [0.1, 0.15) is 23.9 Å². The molecular weight excluding hydrogens is 455 g/mol. The molecule has 0 atom stereocenters. The number of hydrogen-bond donors (Lipinski definition) is 3. The van der Waals surface area contributed by atoms with E-state index in [1.165, 1.54) is 35.1 Å². The fourth-order valence-corrected chi connectivity index (χ4v) is 3.42. The first-order valence-corrected chi connectivity index (χ1v) is 10.4. The van der Waals surface area contributed by atoms with E-state index in [1.54, 1.807) is 36.5 Å². The van der Waals surface area contributed by atoms with Gasteiger partial charge in [0, 0.05) is 23.1 Å². The van der Waals surface area contributed by atoms with Gasteiger partial charge in [0.15, 0.2) is 5.65 Å². The smallest absolute Gasteiger partial charge is 0.384 e. The summed E-state index contributed by atoms with van der Waals surface area (Å²) in [5.74, 6) is -0.491. The molecule has 1 amide bonds. The van der Waals surface area contributed by atoms with E-state index in [4.69, 9.17) is 0 Å². The number of nitrogens with one attached hydrogen (secondary N) is 2. The zero-order valence-electron chi connectivity index (χ0n) is 18.0. The number of benzene rings is 2. The van der Waals surface area contributed by atoms with Crippen molar-refractivity contribution in [2.45, 2.75) is 6.54 Å². The summed E-state index contributed by atoms with van der Waals surface area (Å²) in [4.78, 5) is 32.2. The molecule has 0 fully saturated rings. The van der Waals surface area contributed by atoms with Gasteiger partial charge in [-0.3, -0.25) is 4.79 Å². The number of amides is 1. The highest BCUT2D eigenvalue weighted by atomic mass is 19.1. The predicted octanol–water partition coefficient (Wildman–Crippen LogP) is 2.81. The number of pyridine rings is 1. The van der Waals surface area contributed by atoms with Crippen LogP contribution in [0.4, 0.5) is 21.6 Å². The first-order chi connectivity index (χ1) is 17.0. The number of anilines is 3. The molecule has 11 nitrogen and oxygen atoms in total. The van der Waals surface area contributed by atoms with E-state index in [-0.39, 0.29) is 29.7 Å². The zero-order valence-corrected chi connectivity index (χ0v) is 18.0. The van der Waals surface area contributed by atoms with Crippen molar-refractivity contribution in [3.63, 3.8) is 0 Å². The van der Waals surface area contributed by atoms with E-state index in [0.29, 0.717) is 32.7 Å². The second-order valence-corrected chi connectivity index (χ2v) is 7.49. The van der Waals surface area contributed by atoms with Crippen molar-refractivity contribution in [1.82, 2.24) is 29.7 Å². The number of hydrogen-bond acceptors (Lipinski definition) is 8. The van der Waals surface area contributed by atoms with Crippen LogP contribution >= 0.6 is 0 Å². The molecule has 0 aliphatic rings. The first kappa shape index (κ1) is 21.7. The van der Waals surface area contributed by atoms with Gasteiger partial charge in [-0.05, 0) is 48.5 Å². The Kier molecular flexibility index (Phi) is 5.59. The Balaban J connectivity index is 1.33. The molecule has 0 saturated carbocycles. The summed E-state index contributed by atoms with van der Waals surface area (Å²) < 4.78 is 14.8. The molecule has 35 heavy (non-hydrogen) atoms. The summed E-state index contributed by atoms with van der Waals surface area (Å²) >= 11 is 0. The molecule has 3 N–H and O–H groups in total. The molecule has 0 bridgehead atoms. The summed E-state index contributed by atoms with van der Waals surface area (Å²) in [6.07, 6.45) is 3.08. The molecule has 3 heterocycles. The molecule has 12 heteroatoms. The maximum Gasteiger partial charge on any atom is 0.384 e. The lowest BCUT2D eigenvalue weighted by Crippen LogP contribution is -2.23. The maximum absolute atomic E-state index is 13.0. The second-order valence-electron chi connectivity index (χ2n) is 7.49. The zero-order chi connectivity index (χ0) is 24.4. The number of carbonyl (C=O) groups is 1. The molecule has 2 aromatic carbocycles. The predicted molar refractivity (Wildman–Crippen MR) is 125 cm³/mol. The number of aromatic nitrogens is 6. The van der Waals surface area contributed by atoms with Crippen LogP contribution in [0, 0.1) is 5.82 Å². The van der Waals surface area contributed by atoms with Gasteiger partial charge in [-0.15, -0.1) is 9.83 Å². The van der Waals surface area contributed by atoms with Crippen LogP contribution in [0.3, 0.4) is 0 Å². The molecule has 0 aliphatic carbocycles. The molecule has 174 valence electrons. The van der Waals surface area contributed by atoms with Gasteiger partial charge >= 0.3 is 5.69 Å².